The minimum absolute atomic E-state index is 0.103. The summed E-state index contributed by atoms with van der Waals surface area (Å²) in [6.07, 6.45) is 1.26. The van der Waals surface area contributed by atoms with E-state index >= 15 is 0 Å². The summed E-state index contributed by atoms with van der Waals surface area (Å²) in [6, 6.07) is 7.50. The van der Waals surface area contributed by atoms with E-state index in [0.717, 1.165) is 12.8 Å². The van der Waals surface area contributed by atoms with E-state index in [4.69, 9.17) is 21.1 Å². The highest BCUT2D eigenvalue weighted by atomic mass is 35.5. The van der Waals surface area contributed by atoms with Crippen LogP contribution in [0.25, 0.3) is 0 Å². The first-order chi connectivity index (χ1) is 12.1. The van der Waals surface area contributed by atoms with Gasteiger partial charge in [0.1, 0.15) is 11.9 Å². The number of amides is 1. The Hall–Kier alpha value is -2.41. The van der Waals surface area contributed by atoms with E-state index in [-0.39, 0.29) is 16.7 Å². The average Bonchev–Trinajstić information content (AvgIpc) is 2.62. The second-order valence-corrected chi connectivity index (χ2v) is 6.05. The van der Waals surface area contributed by atoms with Crippen molar-refractivity contribution in [2.45, 2.75) is 18.9 Å². The minimum Gasteiger partial charge on any atom is -0.480 e. The molecule has 1 fully saturated rings. The highest BCUT2D eigenvalue weighted by Gasteiger charge is 2.28. The van der Waals surface area contributed by atoms with E-state index in [1.807, 2.05) is 0 Å². The Kier molecular flexibility index (Phi) is 5.33. The molecule has 0 N–H and O–H groups in total. The van der Waals surface area contributed by atoms with Crippen LogP contribution in [0.4, 0.5) is 4.39 Å². The number of carbonyl (C=O) groups excluding carboxylic acids is 1. The van der Waals surface area contributed by atoms with Gasteiger partial charge < -0.3 is 14.4 Å². The first-order valence-electron chi connectivity index (χ1n) is 7.86. The number of benzene rings is 1. The van der Waals surface area contributed by atoms with Crippen molar-refractivity contribution in [3.05, 3.63) is 46.7 Å². The first-order valence-corrected chi connectivity index (χ1v) is 8.24. The van der Waals surface area contributed by atoms with Crippen LogP contribution in [0.15, 0.2) is 30.3 Å². The maximum absolute atomic E-state index is 14.0. The molecule has 8 heteroatoms. The van der Waals surface area contributed by atoms with Gasteiger partial charge in [-0.25, -0.2) is 4.39 Å². The monoisotopic (exact) mass is 365 g/mol. The van der Waals surface area contributed by atoms with Crippen molar-refractivity contribution in [1.29, 1.82) is 0 Å². The van der Waals surface area contributed by atoms with Gasteiger partial charge in [-0.1, -0.05) is 17.7 Å². The van der Waals surface area contributed by atoms with Crippen LogP contribution in [-0.4, -0.2) is 47.3 Å². The molecular weight excluding hydrogens is 349 g/mol. The van der Waals surface area contributed by atoms with Gasteiger partial charge in [0.25, 0.3) is 5.91 Å². The van der Waals surface area contributed by atoms with E-state index < -0.39 is 11.7 Å². The summed E-state index contributed by atoms with van der Waals surface area (Å²) in [5.41, 5.74) is -0.103. The molecule has 1 unspecified atom stereocenters. The third-order valence-electron chi connectivity index (χ3n) is 3.95. The number of carbonyl (C=O) groups is 1. The lowest BCUT2D eigenvalue weighted by atomic mass is 10.1. The Morgan fingerprint density at radius 1 is 1.28 bits per heavy atom. The Morgan fingerprint density at radius 2 is 2.04 bits per heavy atom. The molecule has 2 aromatic rings. The molecule has 6 nitrogen and oxygen atoms in total. The quantitative estimate of drug-likeness (QED) is 0.833. The van der Waals surface area contributed by atoms with Crippen molar-refractivity contribution < 1.29 is 18.7 Å². The van der Waals surface area contributed by atoms with E-state index in [1.54, 1.807) is 17.0 Å². The van der Waals surface area contributed by atoms with Crippen LogP contribution in [0.5, 0.6) is 11.8 Å². The molecule has 1 atom stereocenters. The Morgan fingerprint density at radius 3 is 2.72 bits per heavy atom. The van der Waals surface area contributed by atoms with Gasteiger partial charge in [-0.15, -0.1) is 10.2 Å². The average molecular weight is 366 g/mol. The number of halogens is 2. The number of nitrogens with zero attached hydrogens (tertiary/aromatic N) is 3. The summed E-state index contributed by atoms with van der Waals surface area (Å²) in [7, 11) is 1.50. The standard InChI is InChI=1S/C17H17ClFN3O3/c1-24-14-7-8-15(21-20-14)25-11-4-3-9-22(10-11)17(23)16-12(18)5-2-6-13(16)19/h2,5-8,11H,3-4,9-10H2,1H3. The number of hydrogen-bond donors (Lipinski definition) is 0. The molecule has 0 saturated carbocycles. The third kappa shape index (κ3) is 3.99. The highest BCUT2D eigenvalue weighted by molar-refractivity contribution is 6.33. The molecule has 1 aliphatic rings. The molecule has 1 aromatic heterocycles. The van der Waals surface area contributed by atoms with Gasteiger partial charge in [0.05, 0.1) is 24.2 Å². The lowest BCUT2D eigenvalue weighted by molar-refractivity contribution is 0.0521. The predicted octanol–water partition coefficient (Wildman–Crippen LogP) is 2.96. The van der Waals surface area contributed by atoms with Crippen molar-refractivity contribution in [3.8, 4) is 11.8 Å². The molecule has 1 amide bonds. The van der Waals surface area contributed by atoms with Crippen LogP contribution in [0.3, 0.4) is 0 Å². The fourth-order valence-corrected chi connectivity index (χ4v) is 2.97. The zero-order valence-electron chi connectivity index (χ0n) is 13.6. The topological polar surface area (TPSA) is 64.6 Å². The minimum atomic E-state index is -0.624. The molecule has 25 heavy (non-hydrogen) atoms. The predicted molar refractivity (Wildman–Crippen MR) is 89.5 cm³/mol. The first kappa shape index (κ1) is 17.4. The van der Waals surface area contributed by atoms with Crippen LogP contribution in [0, 0.1) is 5.82 Å². The van der Waals surface area contributed by atoms with Crippen molar-refractivity contribution in [2.75, 3.05) is 20.2 Å². The molecule has 3 rings (SSSR count). The second-order valence-electron chi connectivity index (χ2n) is 5.64. The van der Waals surface area contributed by atoms with E-state index in [2.05, 4.69) is 10.2 Å². The number of aromatic nitrogens is 2. The van der Waals surface area contributed by atoms with Crippen molar-refractivity contribution in [2.24, 2.45) is 0 Å². The zero-order chi connectivity index (χ0) is 17.8. The zero-order valence-corrected chi connectivity index (χ0v) is 14.4. The summed E-state index contributed by atoms with van der Waals surface area (Å²) in [6.45, 7) is 0.856. The van der Waals surface area contributed by atoms with Gasteiger partial charge >= 0.3 is 0 Å². The van der Waals surface area contributed by atoms with Crippen molar-refractivity contribution in [1.82, 2.24) is 15.1 Å². The number of ether oxygens (including phenoxy) is 2. The molecule has 0 spiro atoms. The number of methoxy groups -OCH3 is 1. The number of rotatable bonds is 4. The number of hydrogen-bond acceptors (Lipinski definition) is 5. The Labute approximate surface area is 149 Å². The molecule has 0 radical (unpaired) electrons. The number of likely N-dealkylation sites (tertiary alicyclic amines) is 1. The molecule has 0 aliphatic carbocycles. The normalized spacial score (nSPS) is 17.2. The summed E-state index contributed by atoms with van der Waals surface area (Å²) in [5.74, 6) is -0.315. The van der Waals surface area contributed by atoms with Crippen LogP contribution >= 0.6 is 11.6 Å². The lowest BCUT2D eigenvalue weighted by Gasteiger charge is -2.32. The Balaban J connectivity index is 1.69. The maximum Gasteiger partial charge on any atom is 0.258 e. The van der Waals surface area contributed by atoms with Crippen LogP contribution < -0.4 is 9.47 Å². The van der Waals surface area contributed by atoms with Crippen LogP contribution in [0.1, 0.15) is 23.2 Å². The second kappa shape index (κ2) is 7.65. The van der Waals surface area contributed by atoms with Crippen molar-refractivity contribution >= 4 is 17.5 Å². The maximum atomic E-state index is 14.0. The Bertz CT molecular complexity index is 737. The highest BCUT2D eigenvalue weighted by Crippen LogP contribution is 2.24. The molecular formula is C17H17ClFN3O3. The molecule has 132 valence electrons. The van der Waals surface area contributed by atoms with E-state index in [0.29, 0.717) is 24.8 Å². The summed E-state index contributed by atoms with van der Waals surface area (Å²) in [4.78, 5) is 14.2. The lowest BCUT2D eigenvalue weighted by Crippen LogP contribution is -2.44. The largest absolute Gasteiger partial charge is 0.480 e. The molecule has 1 aliphatic heterocycles. The van der Waals surface area contributed by atoms with E-state index in [9.17, 15) is 9.18 Å². The van der Waals surface area contributed by atoms with Gasteiger partial charge in [-0.05, 0) is 25.0 Å². The number of piperidine rings is 1. The summed E-state index contributed by atoms with van der Waals surface area (Å²) >= 11 is 5.99. The third-order valence-corrected chi connectivity index (χ3v) is 4.27. The van der Waals surface area contributed by atoms with Gasteiger partial charge in [0, 0.05) is 18.7 Å². The van der Waals surface area contributed by atoms with Gasteiger partial charge in [-0.2, -0.15) is 0 Å². The van der Waals surface area contributed by atoms with Crippen LogP contribution in [0.2, 0.25) is 5.02 Å². The fraction of sp³-hybridized carbons (Fsp3) is 0.353. The molecule has 2 heterocycles. The van der Waals surface area contributed by atoms with Crippen LogP contribution in [-0.2, 0) is 0 Å². The summed E-state index contributed by atoms with van der Waals surface area (Å²) < 4.78 is 24.7. The summed E-state index contributed by atoms with van der Waals surface area (Å²) in [5, 5.41) is 7.87. The molecule has 1 aromatic carbocycles. The van der Waals surface area contributed by atoms with Gasteiger partial charge in [-0.3, -0.25) is 4.79 Å². The van der Waals surface area contributed by atoms with Gasteiger partial charge in [0.15, 0.2) is 0 Å². The smallest absolute Gasteiger partial charge is 0.258 e. The van der Waals surface area contributed by atoms with E-state index in [1.165, 1.54) is 25.3 Å². The SMILES string of the molecule is COc1ccc(OC2CCCN(C(=O)c3c(F)cccc3Cl)C2)nn1. The van der Waals surface area contributed by atoms with Gasteiger partial charge in [0.2, 0.25) is 11.8 Å². The fourth-order valence-electron chi connectivity index (χ4n) is 2.73. The van der Waals surface area contributed by atoms with Crippen molar-refractivity contribution in [3.63, 3.8) is 0 Å². The molecule has 0 bridgehead atoms. The molecule has 1 saturated heterocycles.